The predicted octanol–water partition coefficient (Wildman–Crippen LogP) is 5.10. The zero-order valence-corrected chi connectivity index (χ0v) is 25.9. The number of fused-ring (bicyclic) bond motifs is 2. The van der Waals surface area contributed by atoms with Crippen LogP contribution >= 0.6 is 11.6 Å². The first-order valence-electron chi connectivity index (χ1n) is 15.6. The summed E-state index contributed by atoms with van der Waals surface area (Å²) in [6, 6.07) is 5.82. The van der Waals surface area contributed by atoms with Gasteiger partial charge in [-0.3, -0.25) is 9.51 Å². The molecule has 0 spiro atoms. The van der Waals surface area contributed by atoms with Gasteiger partial charge in [-0.1, -0.05) is 36.5 Å². The van der Waals surface area contributed by atoms with Crippen LogP contribution in [0.3, 0.4) is 0 Å². The van der Waals surface area contributed by atoms with Gasteiger partial charge in [0, 0.05) is 30.8 Å². The van der Waals surface area contributed by atoms with Gasteiger partial charge in [-0.25, -0.2) is 14.8 Å². The highest BCUT2D eigenvalue weighted by atomic mass is 35.5. The second kappa shape index (κ2) is 12.5. The largest absolute Gasteiger partial charge is 0.491 e. The number of nitrogens with zero attached hydrogens (tertiary/aromatic N) is 6. The number of morpholine rings is 1. The van der Waals surface area contributed by atoms with Crippen molar-refractivity contribution >= 4 is 28.7 Å². The van der Waals surface area contributed by atoms with E-state index < -0.39 is 5.76 Å². The highest BCUT2D eigenvalue weighted by molar-refractivity contribution is 6.31. The van der Waals surface area contributed by atoms with Crippen LogP contribution in [-0.2, 0) is 16.0 Å². The Kier molecular flexibility index (Phi) is 8.30. The Hall–Kier alpha value is -3.48. The van der Waals surface area contributed by atoms with Crippen molar-refractivity contribution < 1.29 is 18.7 Å². The quantitative estimate of drug-likeness (QED) is 0.251. The van der Waals surface area contributed by atoms with Crippen LogP contribution in [0.5, 0.6) is 5.75 Å². The van der Waals surface area contributed by atoms with E-state index in [-0.39, 0.29) is 23.8 Å². The van der Waals surface area contributed by atoms with Crippen LogP contribution in [0.2, 0.25) is 5.02 Å². The molecule has 3 fully saturated rings. The maximum absolute atomic E-state index is 11.9. The summed E-state index contributed by atoms with van der Waals surface area (Å²) in [5, 5.41) is 4.39. The fourth-order valence-corrected chi connectivity index (χ4v) is 7.24. The monoisotopic (exact) mass is 623 g/mol. The van der Waals surface area contributed by atoms with Crippen LogP contribution in [0.25, 0.3) is 34.1 Å². The van der Waals surface area contributed by atoms with Crippen LogP contribution in [0.15, 0.2) is 27.5 Å². The van der Waals surface area contributed by atoms with E-state index in [9.17, 15) is 4.79 Å². The number of imidazole rings is 1. The standard InChI is InChI=1S/C31H38ClN7O5/c1-18-6-8-19(9-7-18)17-39-26-25(20-14-21(32)16-22(15-20)42-13-12-41-2)33-28(29-36-31(40)44-37-29)34-27(26)35-30(39)38-10-11-43-24-5-3-4-23(24)38/h14-16,18-19,23-24H,3-13,17H2,1-2H3,(H,36,37,40)/t18-,19-,23-,24-/m1/s1. The van der Waals surface area contributed by atoms with Crippen molar-refractivity contribution in [2.75, 3.05) is 38.4 Å². The molecule has 1 N–H and O–H groups in total. The first kappa shape index (κ1) is 29.2. The summed E-state index contributed by atoms with van der Waals surface area (Å²) in [4.78, 5) is 31.9. The Morgan fingerprint density at radius 3 is 2.73 bits per heavy atom. The topological polar surface area (TPSA) is 133 Å². The van der Waals surface area contributed by atoms with Gasteiger partial charge in [0.2, 0.25) is 17.6 Å². The number of hydrogen-bond donors (Lipinski definition) is 1. The normalized spacial score (nSPS) is 23.8. The average molecular weight is 624 g/mol. The molecule has 1 aromatic carbocycles. The molecule has 3 aromatic heterocycles. The van der Waals surface area contributed by atoms with E-state index >= 15 is 0 Å². The summed E-state index contributed by atoms with van der Waals surface area (Å²) in [6.07, 6.45) is 8.23. The molecule has 0 radical (unpaired) electrons. The number of ether oxygens (including phenoxy) is 3. The minimum absolute atomic E-state index is 0.136. The number of hydrogen-bond acceptors (Lipinski definition) is 10. The molecule has 1 aliphatic heterocycles. The summed E-state index contributed by atoms with van der Waals surface area (Å²) in [5.41, 5.74) is 2.72. The van der Waals surface area contributed by atoms with E-state index in [2.05, 4.69) is 26.5 Å². The third-order valence-electron chi connectivity index (χ3n) is 9.25. The lowest BCUT2D eigenvalue weighted by atomic mass is 9.83. The number of anilines is 1. The zero-order valence-electron chi connectivity index (χ0n) is 25.1. The Morgan fingerprint density at radius 2 is 1.93 bits per heavy atom. The molecule has 0 bridgehead atoms. The molecule has 2 saturated carbocycles. The van der Waals surface area contributed by atoms with Gasteiger partial charge in [0.1, 0.15) is 23.6 Å². The molecule has 0 amide bonds. The van der Waals surface area contributed by atoms with Crippen LogP contribution in [-0.4, -0.2) is 75.3 Å². The lowest BCUT2D eigenvalue weighted by molar-refractivity contribution is 0.0247. The summed E-state index contributed by atoms with van der Waals surface area (Å²) in [5.74, 6) is 2.41. The van der Waals surface area contributed by atoms with Crippen LogP contribution in [0.4, 0.5) is 5.95 Å². The number of rotatable bonds is 9. The molecule has 4 heterocycles. The number of nitrogens with one attached hydrogen (secondary N) is 1. The van der Waals surface area contributed by atoms with Gasteiger partial charge in [0.05, 0.1) is 25.4 Å². The zero-order chi connectivity index (χ0) is 30.2. The Morgan fingerprint density at radius 1 is 1.07 bits per heavy atom. The molecule has 4 aromatic rings. The second-order valence-electron chi connectivity index (χ2n) is 12.3. The maximum Gasteiger partial charge on any atom is 0.439 e. The molecular weight excluding hydrogens is 586 g/mol. The minimum atomic E-state index is -0.680. The van der Waals surface area contributed by atoms with Gasteiger partial charge in [-0.05, 0) is 62.1 Å². The highest BCUT2D eigenvalue weighted by Gasteiger charge is 2.39. The Balaban J connectivity index is 1.42. The van der Waals surface area contributed by atoms with Crippen molar-refractivity contribution in [1.82, 2.24) is 29.7 Å². The van der Waals surface area contributed by atoms with Crippen LogP contribution in [0, 0.1) is 11.8 Å². The first-order valence-corrected chi connectivity index (χ1v) is 16.0. The Bertz CT molecular complexity index is 1680. The molecule has 2 atom stereocenters. The van der Waals surface area contributed by atoms with Crippen LogP contribution in [0.1, 0.15) is 51.9 Å². The first-order chi connectivity index (χ1) is 21.5. The molecule has 234 valence electrons. The van der Waals surface area contributed by atoms with Gasteiger partial charge in [0.25, 0.3) is 0 Å². The molecular formula is C31H38ClN7O5. The van der Waals surface area contributed by atoms with Gasteiger partial charge >= 0.3 is 5.76 Å². The number of aromatic nitrogens is 6. The van der Waals surface area contributed by atoms with Gasteiger partial charge in [0.15, 0.2) is 5.65 Å². The van der Waals surface area contributed by atoms with Crippen molar-refractivity contribution in [2.24, 2.45) is 11.8 Å². The highest BCUT2D eigenvalue weighted by Crippen LogP contribution is 2.40. The van der Waals surface area contributed by atoms with Crippen molar-refractivity contribution in [3.8, 4) is 28.7 Å². The maximum atomic E-state index is 11.9. The number of benzene rings is 1. The van der Waals surface area contributed by atoms with Crippen molar-refractivity contribution in [3.05, 3.63) is 33.8 Å². The van der Waals surface area contributed by atoms with Crippen molar-refractivity contribution in [2.45, 2.75) is 70.6 Å². The van der Waals surface area contributed by atoms with Crippen molar-refractivity contribution in [3.63, 3.8) is 0 Å². The van der Waals surface area contributed by atoms with E-state index in [4.69, 9.17) is 45.3 Å². The second-order valence-corrected chi connectivity index (χ2v) is 12.7. The smallest absolute Gasteiger partial charge is 0.439 e. The lowest BCUT2D eigenvalue weighted by Crippen LogP contribution is -2.49. The SMILES string of the molecule is COCCOc1cc(Cl)cc(-c2nc(-c3noc(=O)[nH]3)nc3nc(N4CCO[C@@H]5CCC[C@H]54)n(C[C@H]4CC[C@H](C)CC4)c23)c1. The van der Waals surface area contributed by atoms with E-state index in [0.29, 0.717) is 47.9 Å². The molecule has 3 aliphatic rings. The van der Waals surface area contributed by atoms with Crippen molar-refractivity contribution in [1.29, 1.82) is 0 Å². The summed E-state index contributed by atoms with van der Waals surface area (Å²) in [6.45, 7) is 5.39. The molecule has 44 heavy (non-hydrogen) atoms. The van der Waals surface area contributed by atoms with E-state index in [1.165, 1.54) is 25.7 Å². The van der Waals surface area contributed by atoms with Gasteiger partial charge < -0.3 is 23.7 Å². The van der Waals surface area contributed by atoms with E-state index in [1.54, 1.807) is 13.2 Å². The number of halogens is 1. The number of H-pyrrole nitrogens is 1. The molecule has 2 aliphatic carbocycles. The Labute approximate surface area is 260 Å². The molecule has 1 saturated heterocycles. The molecule has 12 nitrogen and oxygen atoms in total. The molecule has 13 heteroatoms. The van der Waals surface area contributed by atoms with Gasteiger partial charge in [-0.15, -0.1) is 0 Å². The minimum Gasteiger partial charge on any atom is -0.491 e. The fourth-order valence-electron chi connectivity index (χ4n) is 7.02. The third-order valence-corrected chi connectivity index (χ3v) is 9.47. The van der Waals surface area contributed by atoms with Gasteiger partial charge in [-0.2, -0.15) is 4.98 Å². The number of methoxy groups -OCH3 is 1. The summed E-state index contributed by atoms with van der Waals surface area (Å²) in [7, 11) is 1.63. The van der Waals surface area contributed by atoms with E-state index in [1.807, 2.05) is 12.1 Å². The summed E-state index contributed by atoms with van der Waals surface area (Å²) < 4.78 is 24.4. The van der Waals surface area contributed by atoms with E-state index in [0.717, 1.165) is 55.3 Å². The van der Waals surface area contributed by atoms with Crippen LogP contribution < -0.4 is 15.4 Å². The molecule has 7 rings (SSSR count). The third kappa shape index (κ3) is 5.82. The molecule has 0 unspecified atom stereocenters. The fraction of sp³-hybridized carbons (Fsp3) is 0.581. The average Bonchev–Trinajstić information content (AvgIpc) is 3.76. The number of aromatic amines is 1. The summed E-state index contributed by atoms with van der Waals surface area (Å²) >= 11 is 6.65. The predicted molar refractivity (Wildman–Crippen MR) is 165 cm³/mol. The lowest BCUT2D eigenvalue weighted by Gasteiger charge is -2.39.